The highest BCUT2D eigenvalue weighted by molar-refractivity contribution is 5.94. The number of ether oxygens (including phenoxy) is 1. The van der Waals surface area contributed by atoms with Crippen molar-refractivity contribution in [1.82, 2.24) is 30.2 Å². The summed E-state index contributed by atoms with van der Waals surface area (Å²) in [6.07, 6.45) is 5.93. The van der Waals surface area contributed by atoms with Crippen LogP contribution in [0.5, 0.6) is 0 Å². The molecule has 0 fully saturated rings. The summed E-state index contributed by atoms with van der Waals surface area (Å²) < 4.78 is 7.46. The van der Waals surface area contributed by atoms with Gasteiger partial charge in [-0.1, -0.05) is 87.9 Å². The Bertz CT molecular complexity index is 1620. The predicted octanol–water partition coefficient (Wildman–Crippen LogP) is 7.42. The number of methoxy groups -OCH3 is 1. The summed E-state index contributed by atoms with van der Waals surface area (Å²) in [4.78, 5) is 18.1. The zero-order chi connectivity index (χ0) is 30.2. The van der Waals surface area contributed by atoms with Gasteiger partial charge in [0, 0.05) is 32.1 Å². The monoisotopic (exact) mass is 576 g/mol. The van der Waals surface area contributed by atoms with Crippen molar-refractivity contribution < 1.29 is 9.53 Å². The molecule has 0 atom stereocenters. The number of aryl methyl sites for hydroxylation is 1. The Labute approximate surface area is 253 Å². The van der Waals surface area contributed by atoms with Gasteiger partial charge in [-0.15, -0.1) is 10.2 Å². The molecule has 0 spiro atoms. The molecule has 1 N–H and O–H groups in total. The minimum absolute atomic E-state index is 0.0612. The molecule has 0 aliphatic heterocycles. The Kier molecular flexibility index (Phi) is 9.57. The summed E-state index contributed by atoms with van der Waals surface area (Å²) in [5.74, 6) is 1.63. The number of hydrogen-bond acceptors (Lipinski definition) is 6. The first-order valence-electron chi connectivity index (χ1n) is 15.0. The molecule has 43 heavy (non-hydrogen) atoms. The SMILES string of the molecule is CCCCc1ncc(C(=O)CCC(C)(C)COC)n1Cc1ccc(-c2cc(-c3ccccc3)ccc2-c2nn[nH]n2)cc1. The van der Waals surface area contributed by atoms with Gasteiger partial charge in [0.15, 0.2) is 5.78 Å². The Hall–Kier alpha value is -4.43. The summed E-state index contributed by atoms with van der Waals surface area (Å²) in [5.41, 5.74) is 6.96. The zero-order valence-electron chi connectivity index (χ0n) is 25.5. The summed E-state index contributed by atoms with van der Waals surface area (Å²) in [7, 11) is 1.70. The minimum atomic E-state index is -0.0612. The molecule has 0 amide bonds. The van der Waals surface area contributed by atoms with Gasteiger partial charge in [0.1, 0.15) is 11.5 Å². The second-order valence-corrected chi connectivity index (χ2v) is 11.8. The van der Waals surface area contributed by atoms with E-state index in [1.807, 2.05) is 24.3 Å². The molecule has 0 saturated carbocycles. The molecular formula is C35H40N6O2. The molecule has 222 valence electrons. The van der Waals surface area contributed by atoms with Crippen LogP contribution in [0.15, 0.2) is 79.0 Å². The molecule has 8 nitrogen and oxygen atoms in total. The number of nitrogens with one attached hydrogen (secondary N) is 1. The highest BCUT2D eigenvalue weighted by Gasteiger charge is 2.23. The number of rotatable bonds is 14. The summed E-state index contributed by atoms with van der Waals surface area (Å²) in [5, 5.41) is 14.8. The number of Topliss-reactive ketones (excluding diaryl/α,β-unsaturated/α-hetero) is 1. The van der Waals surface area contributed by atoms with E-state index in [1.165, 1.54) is 0 Å². The van der Waals surface area contributed by atoms with Crippen molar-refractivity contribution in [3.05, 3.63) is 96.1 Å². The van der Waals surface area contributed by atoms with Crippen molar-refractivity contribution in [2.75, 3.05) is 13.7 Å². The van der Waals surface area contributed by atoms with E-state index in [0.717, 1.165) is 64.9 Å². The molecule has 0 bridgehead atoms. The number of aromatic nitrogens is 6. The summed E-state index contributed by atoms with van der Waals surface area (Å²) in [6.45, 7) is 7.65. The number of aromatic amines is 1. The molecule has 0 saturated heterocycles. The van der Waals surface area contributed by atoms with Gasteiger partial charge in [0.2, 0.25) is 5.82 Å². The van der Waals surface area contributed by atoms with E-state index in [1.54, 1.807) is 13.3 Å². The summed E-state index contributed by atoms with van der Waals surface area (Å²) in [6, 6.07) is 25.1. The van der Waals surface area contributed by atoms with Crippen LogP contribution in [0.4, 0.5) is 0 Å². The van der Waals surface area contributed by atoms with Crippen molar-refractivity contribution in [1.29, 1.82) is 0 Å². The number of H-pyrrole nitrogens is 1. The van der Waals surface area contributed by atoms with Crippen molar-refractivity contribution in [2.24, 2.45) is 5.41 Å². The second kappa shape index (κ2) is 13.7. The second-order valence-electron chi connectivity index (χ2n) is 11.8. The molecule has 0 unspecified atom stereocenters. The van der Waals surface area contributed by atoms with E-state index in [-0.39, 0.29) is 11.2 Å². The van der Waals surface area contributed by atoms with E-state index >= 15 is 0 Å². The van der Waals surface area contributed by atoms with Crippen molar-refractivity contribution in [2.45, 2.75) is 59.4 Å². The van der Waals surface area contributed by atoms with Gasteiger partial charge in [-0.2, -0.15) is 5.21 Å². The number of hydrogen-bond donors (Lipinski definition) is 1. The van der Waals surface area contributed by atoms with Gasteiger partial charge in [-0.3, -0.25) is 4.79 Å². The lowest BCUT2D eigenvalue weighted by molar-refractivity contribution is 0.0837. The van der Waals surface area contributed by atoms with Crippen molar-refractivity contribution in [3.8, 4) is 33.6 Å². The fourth-order valence-corrected chi connectivity index (χ4v) is 5.43. The first-order chi connectivity index (χ1) is 20.9. The Morgan fingerprint density at radius 3 is 2.42 bits per heavy atom. The van der Waals surface area contributed by atoms with Gasteiger partial charge in [-0.05, 0) is 63.4 Å². The molecular weight excluding hydrogens is 536 g/mol. The van der Waals surface area contributed by atoms with Gasteiger partial charge >= 0.3 is 0 Å². The lowest BCUT2D eigenvalue weighted by Crippen LogP contribution is -2.21. The fourth-order valence-electron chi connectivity index (χ4n) is 5.43. The number of nitrogens with zero attached hydrogens (tertiary/aromatic N) is 5. The fraction of sp³-hybridized carbons (Fsp3) is 0.343. The van der Waals surface area contributed by atoms with Crippen molar-refractivity contribution in [3.63, 3.8) is 0 Å². The van der Waals surface area contributed by atoms with E-state index in [2.05, 4.69) is 94.5 Å². The Morgan fingerprint density at radius 1 is 0.953 bits per heavy atom. The smallest absolute Gasteiger partial charge is 0.205 e. The third kappa shape index (κ3) is 7.32. The van der Waals surface area contributed by atoms with Crippen LogP contribution in [0.2, 0.25) is 0 Å². The maximum Gasteiger partial charge on any atom is 0.205 e. The minimum Gasteiger partial charge on any atom is -0.384 e. The van der Waals surface area contributed by atoms with Gasteiger partial charge < -0.3 is 9.30 Å². The lowest BCUT2D eigenvalue weighted by atomic mass is 9.87. The molecule has 2 aromatic heterocycles. The van der Waals surface area contributed by atoms with Crippen LogP contribution < -0.4 is 0 Å². The van der Waals surface area contributed by atoms with Gasteiger partial charge in [0.05, 0.1) is 12.8 Å². The number of tetrazole rings is 1. The Morgan fingerprint density at radius 2 is 1.72 bits per heavy atom. The van der Waals surface area contributed by atoms with E-state index in [4.69, 9.17) is 9.72 Å². The molecule has 5 rings (SSSR count). The maximum absolute atomic E-state index is 13.4. The molecule has 0 aliphatic carbocycles. The number of unbranched alkanes of at least 4 members (excludes halogenated alkanes) is 1. The number of benzene rings is 3. The largest absolute Gasteiger partial charge is 0.384 e. The molecule has 0 aliphatic rings. The first-order valence-corrected chi connectivity index (χ1v) is 15.0. The maximum atomic E-state index is 13.4. The van der Waals surface area contributed by atoms with Crippen LogP contribution in [0.1, 0.15) is 68.3 Å². The molecule has 8 heteroatoms. The average Bonchev–Trinajstić information content (AvgIpc) is 3.70. The average molecular weight is 577 g/mol. The third-order valence-electron chi connectivity index (χ3n) is 7.86. The molecule has 5 aromatic rings. The van der Waals surface area contributed by atoms with Crippen LogP contribution in [0.25, 0.3) is 33.6 Å². The number of carbonyl (C=O) groups excluding carboxylic acids is 1. The van der Waals surface area contributed by atoms with Crippen LogP contribution in [0, 0.1) is 5.41 Å². The Balaban J connectivity index is 1.43. The molecule has 3 aromatic carbocycles. The number of ketones is 1. The van der Waals surface area contributed by atoms with Crippen LogP contribution in [-0.2, 0) is 17.7 Å². The summed E-state index contributed by atoms with van der Waals surface area (Å²) >= 11 is 0. The van der Waals surface area contributed by atoms with Gasteiger partial charge in [0.25, 0.3) is 0 Å². The van der Waals surface area contributed by atoms with Crippen molar-refractivity contribution >= 4 is 5.78 Å². The molecule has 2 heterocycles. The van der Waals surface area contributed by atoms with Crippen LogP contribution in [-0.4, -0.2) is 49.7 Å². The van der Waals surface area contributed by atoms with Crippen LogP contribution in [0.3, 0.4) is 0 Å². The van der Waals surface area contributed by atoms with Gasteiger partial charge in [-0.25, -0.2) is 4.98 Å². The highest BCUT2D eigenvalue weighted by Crippen LogP contribution is 2.34. The normalized spacial score (nSPS) is 11.6. The number of carbonyl (C=O) groups is 1. The van der Waals surface area contributed by atoms with E-state index < -0.39 is 0 Å². The van der Waals surface area contributed by atoms with E-state index in [0.29, 0.717) is 31.1 Å². The molecule has 0 radical (unpaired) electrons. The van der Waals surface area contributed by atoms with Crippen LogP contribution >= 0.6 is 0 Å². The topological polar surface area (TPSA) is 98.6 Å². The standard InChI is InChI=1S/C35H40N6O2/c1-5-6-12-33-36-22-31(32(42)19-20-35(2,3)24-43-4)41(33)23-25-13-15-27(16-14-25)30-21-28(26-10-8-7-9-11-26)17-18-29(30)34-37-39-40-38-34/h7-11,13-18,21-22H,5-6,12,19-20,23-24H2,1-4H3,(H,37,38,39,40). The first kappa shape index (κ1) is 30.0. The van der Waals surface area contributed by atoms with E-state index in [9.17, 15) is 4.79 Å². The zero-order valence-corrected chi connectivity index (χ0v) is 25.5. The quantitative estimate of drug-likeness (QED) is 0.138. The lowest BCUT2D eigenvalue weighted by Gasteiger charge is -2.23. The highest BCUT2D eigenvalue weighted by atomic mass is 16.5. The number of imidazole rings is 1. The predicted molar refractivity (Wildman–Crippen MR) is 170 cm³/mol. The third-order valence-corrected chi connectivity index (χ3v) is 7.86.